The van der Waals surface area contributed by atoms with Crippen LogP contribution < -0.4 is 10.4 Å². The Morgan fingerprint density at radius 2 is 1.54 bits per heavy atom. The summed E-state index contributed by atoms with van der Waals surface area (Å²) in [4.78, 5) is 2.97. The molecule has 2 aromatic carbocycles. The number of rotatable bonds is 10. The molecule has 5 atom stereocenters. The molecule has 1 saturated carbocycles. The van der Waals surface area contributed by atoms with E-state index in [2.05, 4.69) is 93.3 Å². The lowest BCUT2D eigenvalue weighted by molar-refractivity contribution is -0.125. The van der Waals surface area contributed by atoms with Crippen molar-refractivity contribution in [2.75, 3.05) is 6.61 Å². The summed E-state index contributed by atoms with van der Waals surface area (Å²) in [6, 6.07) is 23.2. The minimum absolute atomic E-state index is 0.00296. The maximum Gasteiger partial charge on any atom is 0.261 e. The van der Waals surface area contributed by atoms with E-state index in [0.717, 1.165) is 13.0 Å². The Balaban J connectivity index is 1.48. The van der Waals surface area contributed by atoms with Gasteiger partial charge >= 0.3 is 0 Å². The lowest BCUT2D eigenvalue weighted by Crippen LogP contribution is -2.68. The summed E-state index contributed by atoms with van der Waals surface area (Å²) >= 11 is 0. The van der Waals surface area contributed by atoms with Crippen molar-refractivity contribution in [2.24, 2.45) is 5.92 Å². The van der Waals surface area contributed by atoms with Crippen LogP contribution in [0.1, 0.15) is 105 Å². The molecule has 0 radical (unpaired) electrons. The number of benzene rings is 2. The molecule has 0 amide bonds. The molecule has 2 saturated heterocycles. The SMILES string of the molecule is CCCCCC[C@@H]1C[C@H](O)[C@@H]2CCCC[C@]23CC[C@@H](CO[Si](c2ccccc2)(c2ccccc2)C(C)(C)C)N13. The predicted molar refractivity (Wildman–Crippen MR) is 166 cm³/mol. The van der Waals surface area contributed by atoms with Gasteiger partial charge in [-0.1, -0.05) is 127 Å². The first-order valence-corrected chi connectivity index (χ1v) is 18.0. The summed E-state index contributed by atoms with van der Waals surface area (Å²) in [5.74, 6) is 0.441. The monoisotopic (exact) mass is 547 g/mol. The Morgan fingerprint density at radius 3 is 2.15 bits per heavy atom. The third kappa shape index (κ3) is 5.44. The van der Waals surface area contributed by atoms with Crippen LogP contribution in [0, 0.1) is 5.92 Å². The second-order valence-electron chi connectivity index (χ2n) is 13.8. The molecule has 2 aliphatic heterocycles. The van der Waals surface area contributed by atoms with Crippen LogP contribution in [0.25, 0.3) is 0 Å². The van der Waals surface area contributed by atoms with E-state index in [1.165, 1.54) is 81.0 Å². The Morgan fingerprint density at radius 1 is 0.872 bits per heavy atom. The van der Waals surface area contributed by atoms with Crippen LogP contribution >= 0.6 is 0 Å². The molecule has 1 spiro atoms. The molecule has 3 aliphatic rings. The standard InChI is InChI=1S/C35H53NO2Si/c1-5-6-7-10-17-28-26-33(37)32-22-15-16-24-35(32)25-23-29(36(28)35)27-38-39(34(2,3)4,30-18-11-8-12-19-30)31-20-13-9-14-21-31/h8-9,11-14,18-21,28-29,32-33,37H,5-7,10,15-17,22-27H2,1-4H3/t28-,29+,32+,33+,35+/m1/s1. The number of hydrogen-bond donors (Lipinski definition) is 1. The maximum atomic E-state index is 11.4. The molecule has 4 heteroatoms. The Hall–Kier alpha value is -1.46. The predicted octanol–water partition coefficient (Wildman–Crippen LogP) is 7.06. The Kier molecular flexibility index (Phi) is 9.07. The molecule has 3 fully saturated rings. The number of nitrogens with zero attached hydrogens (tertiary/aromatic N) is 1. The van der Waals surface area contributed by atoms with E-state index in [-0.39, 0.29) is 16.7 Å². The third-order valence-electron chi connectivity index (χ3n) is 10.6. The van der Waals surface area contributed by atoms with Gasteiger partial charge in [0.15, 0.2) is 0 Å². The van der Waals surface area contributed by atoms with Crippen molar-refractivity contribution in [3.05, 3.63) is 60.7 Å². The van der Waals surface area contributed by atoms with Gasteiger partial charge in [0.25, 0.3) is 8.32 Å². The van der Waals surface area contributed by atoms with Gasteiger partial charge in [-0.3, -0.25) is 4.90 Å². The molecule has 2 aromatic rings. The van der Waals surface area contributed by atoms with Gasteiger partial charge in [0, 0.05) is 23.5 Å². The number of unbranched alkanes of at least 4 members (excludes halogenated alkanes) is 3. The summed E-state index contributed by atoms with van der Waals surface area (Å²) < 4.78 is 7.53. The van der Waals surface area contributed by atoms with Gasteiger partial charge in [0.2, 0.25) is 0 Å². The van der Waals surface area contributed by atoms with E-state index in [1.54, 1.807) is 0 Å². The molecule has 1 N–H and O–H groups in total. The molecule has 0 unspecified atom stereocenters. The summed E-state index contributed by atoms with van der Waals surface area (Å²) in [7, 11) is -2.57. The molecule has 0 bridgehead atoms. The molecule has 214 valence electrons. The molecule has 3 nitrogen and oxygen atoms in total. The van der Waals surface area contributed by atoms with Crippen LogP contribution in [-0.4, -0.2) is 48.7 Å². The highest BCUT2D eigenvalue weighted by atomic mass is 28.4. The van der Waals surface area contributed by atoms with Crippen molar-refractivity contribution in [3.63, 3.8) is 0 Å². The zero-order chi connectivity index (χ0) is 27.5. The van der Waals surface area contributed by atoms with Crippen LogP contribution in [-0.2, 0) is 4.43 Å². The van der Waals surface area contributed by atoms with Gasteiger partial charge in [0.1, 0.15) is 0 Å². The van der Waals surface area contributed by atoms with E-state index in [0.29, 0.717) is 18.0 Å². The van der Waals surface area contributed by atoms with Crippen molar-refractivity contribution < 1.29 is 9.53 Å². The van der Waals surface area contributed by atoms with E-state index in [4.69, 9.17) is 4.43 Å². The highest BCUT2D eigenvalue weighted by Gasteiger charge is 2.59. The summed E-state index contributed by atoms with van der Waals surface area (Å²) in [5.41, 5.74) is 0.185. The first kappa shape index (κ1) is 29.0. The molecular formula is C35H53NO2Si. The highest BCUT2D eigenvalue weighted by Crippen LogP contribution is 2.54. The van der Waals surface area contributed by atoms with Gasteiger partial charge in [-0.2, -0.15) is 0 Å². The summed E-state index contributed by atoms with van der Waals surface area (Å²) in [5, 5.41) is 14.2. The normalized spacial score (nSPS) is 29.7. The van der Waals surface area contributed by atoms with Crippen LogP contribution in [0.15, 0.2) is 60.7 Å². The van der Waals surface area contributed by atoms with Gasteiger partial charge in [0.05, 0.1) is 12.7 Å². The lowest BCUT2D eigenvalue weighted by atomic mass is 9.64. The largest absolute Gasteiger partial charge is 0.406 e. The smallest absolute Gasteiger partial charge is 0.261 e. The second kappa shape index (κ2) is 12.2. The first-order chi connectivity index (χ1) is 18.8. The molecule has 2 heterocycles. The number of piperidine rings is 1. The van der Waals surface area contributed by atoms with Crippen LogP contribution in [0.4, 0.5) is 0 Å². The molecule has 0 aromatic heterocycles. The Bertz CT molecular complexity index is 998. The van der Waals surface area contributed by atoms with Crippen molar-refractivity contribution in [2.45, 2.75) is 134 Å². The molecule has 39 heavy (non-hydrogen) atoms. The van der Waals surface area contributed by atoms with Crippen LogP contribution in [0.3, 0.4) is 0 Å². The highest BCUT2D eigenvalue weighted by molar-refractivity contribution is 6.99. The maximum absolute atomic E-state index is 11.4. The Labute approximate surface area is 239 Å². The van der Waals surface area contributed by atoms with Gasteiger partial charge in [-0.15, -0.1) is 0 Å². The minimum atomic E-state index is -2.57. The topological polar surface area (TPSA) is 32.7 Å². The average Bonchev–Trinajstić information content (AvgIpc) is 3.30. The average molecular weight is 548 g/mol. The van der Waals surface area contributed by atoms with E-state index in [1.807, 2.05) is 0 Å². The van der Waals surface area contributed by atoms with Crippen LogP contribution in [0.2, 0.25) is 5.04 Å². The summed E-state index contributed by atoms with van der Waals surface area (Å²) in [6.45, 7) is 10.3. The van der Waals surface area contributed by atoms with Crippen molar-refractivity contribution in [1.29, 1.82) is 0 Å². The molecule has 1 aliphatic carbocycles. The van der Waals surface area contributed by atoms with Crippen LogP contribution in [0.5, 0.6) is 0 Å². The zero-order valence-electron chi connectivity index (χ0n) is 25.1. The van der Waals surface area contributed by atoms with Crippen molar-refractivity contribution in [1.82, 2.24) is 4.90 Å². The fraction of sp³-hybridized carbons (Fsp3) is 0.657. The van der Waals surface area contributed by atoms with Gasteiger partial charge in [-0.05, 0) is 53.9 Å². The molecular weight excluding hydrogens is 494 g/mol. The first-order valence-electron chi connectivity index (χ1n) is 16.0. The fourth-order valence-corrected chi connectivity index (χ4v) is 13.5. The zero-order valence-corrected chi connectivity index (χ0v) is 26.1. The second-order valence-corrected chi connectivity index (χ2v) is 18.1. The minimum Gasteiger partial charge on any atom is -0.406 e. The van der Waals surface area contributed by atoms with E-state index < -0.39 is 8.32 Å². The molecule has 5 rings (SSSR count). The number of aliphatic hydroxyl groups is 1. The number of aliphatic hydroxyl groups excluding tert-OH is 1. The fourth-order valence-electron chi connectivity index (χ4n) is 8.91. The van der Waals surface area contributed by atoms with Crippen molar-refractivity contribution >= 4 is 18.7 Å². The van der Waals surface area contributed by atoms with E-state index in [9.17, 15) is 5.11 Å². The third-order valence-corrected chi connectivity index (χ3v) is 15.6. The number of hydrogen-bond acceptors (Lipinski definition) is 3. The van der Waals surface area contributed by atoms with Gasteiger partial charge in [-0.25, -0.2) is 0 Å². The lowest BCUT2D eigenvalue weighted by Gasteiger charge is -2.58. The quantitative estimate of drug-likeness (QED) is 0.255. The van der Waals surface area contributed by atoms with Gasteiger partial charge < -0.3 is 9.53 Å². The van der Waals surface area contributed by atoms with Crippen molar-refractivity contribution in [3.8, 4) is 0 Å². The van der Waals surface area contributed by atoms with E-state index >= 15 is 0 Å². The summed E-state index contributed by atoms with van der Waals surface area (Å²) in [6.07, 6.45) is 14.7.